The van der Waals surface area contributed by atoms with Crippen LogP contribution in [-0.2, 0) is 14.9 Å². The van der Waals surface area contributed by atoms with Crippen molar-refractivity contribution in [2.45, 2.75) is 4.90 Å². The van der Waals surface area contributed by atoms with Gasteiger partial charge in [0.25, 0.3) is 11.6 Å². The van der Waals surface area contributed by atoms with Crippen LogP contribution in [0.5, 0.6) is 17.2 Å². The highest BCUT2D eigenvalue weighted by Gasteiger charge is 2.20. The van der Waals surface area contributed by atoms with Gasteiger partial charge in [0.1, 0.15) is 22.3 Å². The zero-order chi connectivity index (χ0) is 26.3. The molecule has 0 unspecified atom stereocenters. The predicted octanol–water partition coefficient (Wildman–Crippen LogP) is 3.93. The average Bonchev–Trinajstić information content (AvgIpc) is 2.88. The number of nitrogens with one attached hydrogen (secondary N) is 1. The van der Waals surface area contributed by atoms with Gasteiger partial charge < -0.3 is 19.0 Å². The molecule has 0 radical (unpaired) electrons. The van der Waals surface area contributed by atoms with Crippen LogP contribution in [0, 0.1) is 21.4 Å². The molecule has 3 aromatic rings. The number of methoxy groups -OCH3 is 2. The van der Waals surface area contributed by atoms with Crippen LogP contribution in [0.1, 0.15) is 5.56 Å². The molecule has 0 aliphatic carbocycles. The highest BCUT2D eigenvalue weighted by Crippen LogP contribution is 2.32. The van der Waals surface area contributed by atoms with Crippen LogP contribution >= 0.6 is 0 Å². The van der Waals surface area contributed by atoms with Gasteiger partial charge in [0.2, 0.25) is 0 Å². The van der Waals surface area contributed by atoms with Gasteiger partial charge in [0, 0.05) is 12.1 Å². The standard InChI is InChI=1S/C24H19N3O8S/c1-33-21-11-9-18(27(29)30)14-20(21)26-24(28)17(15-25)12-16-8-10-22(23(13-16)34-2)35-36(31,32)19-6-4-3-5-7-19/h3-14H,1-2H3,(H,26,28)/b17-12+. The molecule has 12 heteroatoms. The van der Waals surface area contributed by atoms with E-state index in [1.54, 1.807) is 24.3 Å². The molecule has 0 fully saturated rings. The van der Waals surface area contributed by atoms with Gasteiger partial charge in [-0.25, -0.2) is 0 Å². The Morgan fingerprint density at radius 2 is 1.67 bits per heavy atom. The molecule has 3 rings (SSSR count). The lowest BCUT2D eigenvalue weighted by molar-refractivity contribution is -0.384. The molecule has 0 aliphatic heterocycles. The van der Waals surface area contributed by atoms with Crippen molar-refractivity contribution in [3.8, 4) is 23.3 Å². The van der Waals surface area contributed by atoms with E-state index in [-0.39, 0.29) is 39.1 Å². The van der Waals surface area contributed by atoms with Crippen molar-refractivity contribution in [3.63, 3.8) is 0 Å². The van der Waals surface area contributed by atoms with Crippen LogP contribution < -0.4 is 19.0 Å². The molecule has 0 spiro atoms. The van der Waals surface area contributed by atoms with Crippen molar-refractivity contribution < 1.29 is 31.8 Å². The molecule has 0 aromatic heterocycles. The zero-order valence-electron chi connectivity index (χ0n) is 19.0. The molecule has 0 aliphatic rings. The summed E-state index contributed by atoms with van der Waals surface area (Å²) in [6, 6.07) is 17.1. The summed E-state index contributed by atoms with van der Waals surface area (Å²) < 4.78 is 40.6. The lowest BCUT2D eigenvalue weighted by Crippen LogP contribution is -2.14. The van der Waals surface area contributed by atoms with Crippen LogP contribution in [-0.4, -0.2) is 33.5 Å². The summed E-state index contributed by atoms with van der Waals surface area (Å²) in [4.78, 5) is 23.1. The Kier molecular flexibility index (Phi) is 7.88. The monoisotopic (exact) mass is 509 g/mol. The number of non-ortho nitro benzene ring substituents is 1. The highest BCUT2D eigenvalue weighted by atomic mass is 32.2. The first-order valence-electron chi connectivity index (χ1n) is 10.1. The van der Waals surface area contributed by atoms with Crippen molar-refractivity contribution >= 4 is 33.5 Å². The van der Waals surface area contributed by atoms with Crippen molar-refractivity contribution in [3.05, 3.63) is 88.0 Å². The summed E-state index contributed by atoms with van der Waals surface area (Å²) in [6.45, 7) is 0. The Labute approximate surface area is 206 Å². The fourth-order valence-corrected chi connectivity index (χ4v) is 3.97. The number of nitro benzene ring substituents is 1. The molecule has 11 nitrogen and oxygen atoms in total. The number of carbonyl (C=O) groups excluding carboxylic acids is 1. The minimum atomic E-state index is -4.12. The van der Waals surface area contributed by atoms with Gasteiger partial charge >= 0.3 is 10.1 Å². The van der Waals surface area contributed by atoms with E-state index in [9.17, 15) is 28.6 Å². The molecule has 0 saturated heterocycles. The molecule has 184 valence electrons. The van der Waals surface area contributed by atoms with Crippen LogP contribution in [0.25, 0.3) is 6.08 Å². The first-order chi connectivity index (χ1) is 17.2. The lowest BCUT2D eigenvalue weighted by Gasteiger charge is -2.12. The number of anilines is 1. The van der Waals surface area contributed by atoms with Gasteiger partial charge in [-0.2, -0.15) is 13.7 Å². The smallest absolute Gasteiger partial charge is 0.339 e. The van der Waals surface area contributed by atoms with E-state index >= 15 is 0 Å². The number of nitro groups is 1. The number of nitriles is 1. The molecule has 0 atom stereocenters. The molecular weight excluding hydrogens is 490 g/mol. The molecule has 0 bridgehead atoms. The topological polar surface area (TPSA) is 158 Å². The number of hydrogen-bond donors (Lipinski definition) is 1. The summed E-state index contributed by atoms with van der Waals surface area (Å²) in [5, 5.41) is 23.0. The number of rotatable bonds is 9. The van der Waals surface area contributed by atoms with Crippen molar-refractivity contribution in [2.24, 2.45) is 0 Å². The zero-order valence-corrected chi connectivity index (χ0v) is 19.8. The molecule has 3 aromatic carbocycles. The fourth-order valence-electron chi connectivity index (χ4n) is 3.01. The largest absolute Gasteiger partial charge is 0.495 e. The maximum Gasteiger partial charge on any atom is 0.339 e. The fraction of sp³-hybridized carbons (Fsp3) is 0.0833. The average molecular weight is 509 g/mol. The number of ether oxygens (including phenoxy) is 2. The van der Waals surface area contributed by atoms with Crippen molar-refractivity contribution in [1.82, 2.24) is 0 Å². The third kappa shape index (κ3) is 5.96. The van der Waals surface area contributed by atoms with E-state index in [1.165, 1.54) is 62.8 Å². The highest BCUT2D eigenvalue weighted by molar-refractivity contribution is 7.87. The first-order valence-corrected chi connectivity index (χ1v) is 11.5. The summed E-state index contributed by atoms with van der Waals surface area (Å²) in [7, 11) is -1.49. The minimum Gasteiger partial charge on any atom is -0.495 e. The van der Waals surface area contributed by atoms with Gasteiger partial charge in [0.15, 0.2) is 11.5 Å². The number of benzene rings is 3. The molecule has 1 N–H and O–H groups in total. The van der Waals surface area contributed by atoms with E-state index in [0.717, 1.165) is 6.07 Å². The second-order valence-electron chi connectivity index (χ2n) is 7.03. The quantitative estimate of drug-likeness (QED) is 0.148. The first kappa shape index (κ1) is 25.7. The predicted molar refractivity (Wildman–Crippen MR) is 129 cm³/mol. The number of hydrogen-bond acceptors (Lipinski definition) is 9. The minimum absolute atomic E-state index is 0.00490. The maximum absolute atomic E-state index is 12.7. The SMILES string of the molecule is COc1ccc([N+](=O)[O-])cc1NC(=O)/C(C#N)=C/c1ccc(OS(=O)(=O)c2ccccc2)c(OC)c1. The third-order valence-electron chi connectivity index (χ3n) is 4.74. The number of nitrogens with zero attached hydrogens (tertiary/aromatic N) is 2. The van der Waals surface area contributed by atoms with Crippen LogP contribution in [0.15, 0.2) is 77.2 Å². The summed E-state index contributed by atoms with van der Waals surface area (Å²) in [5.41, 5.74) is -0.283. The molecule has 1 amide bonds. The van der Waals surface area contributed by atoms with Crippen molar-refractivity contribution in [2.75, 3.05) is 19.5 Å². The van der Waals surface area contributed by atoms with E-state index in [1.807, 2.05) is 0 Å². The van der Waals surface area contributed by atoms with Crippen LogP contribution in [0.4, 0.5) is 11.4 Å². The van der Waals surface area contributed by atoms with Gasteiger partial charge in [-0.3, -0.25) is 14.9 Å². The van der Waals surface area contributed by atoms with Crippen molar-refractivity contribution in [1.29, 1.82) is 5.26 Å². The Morgan fingerprint density at radius 1 is 1.00 bits per heavy atom. The number of amides is 1. The maximum atomic E-state index is 12.7. The van der Waals surface area contributed by atoms with E-state index in [4.69, 9.17) is 13.7 Å². The second-order valence-corrected chi connectivity index (χ2v) is 8.57. The third-order valence-corrected chi connectivity index (χ3v) is 5.99. The lowest BCUT2D eigenvalue weighted by atomic mass is 10.1. The Morgan fingerprint density at radius 3 is 2.28 bits per heavy atom. The summed E-state index contributed by atoms with van der Waals surface area (Å²) in [6.07, 6.45) is 1.23. The van der Waals surface area contributed by atoms with E-state index in [2.05, 4.69) is 5.32 Å². The Balaban J connectivity index is 1.88. The van der Waals surface area contributed by atoms with E-state index < -0.39 is 20.9 Å². The summed E-state index contributed by atoms with van der Waals surface area (Å²) in [5.74, 6) is -0.736. The second kappa shape index (κ2) is 11.0. The van der Waals surface area contributed by atoms with Gasteiger partial charge in [-0.05, 0) is 42.0 Å². The van der Waals surface area contributed by atoms with Crippen LogP contribution in [0.2, 0.25) is 0 Å². The molecule has 0 saturated carbocycles. The van der Waals surface area contributed by atoms with Gasteiger partial charge in [0.05, 0.1) is 24.8 Å². The van der Waals surface area contributed by atoms with E-state index in [0.29, 0.717) is 5.56 Å². The van der Waals surface area contributed by atoms with Gasteiger partial charge in [-0.15, -0.1) is 0 Å². The molecule has 36 heavy (non-hydrogen) atoms. The Hall–Kier alpha value is -4.89. The normalized spacial score (nSPS) is 11.2. The van der Waals surface area contributed by atoms with Gasteiger partial charge in [-0.1, -0.05) is 24.3 Å². The number of carbonyl (C=O) groups is 1. The van der Waals surface area contributed by atoms with Crippen LogP contribution in [0.3, 0.4) is 0 Å². The molecule has 0 heterocycles. The summed E-state index contributed by atoms with van der Waals surface area (Å²) >= 11 is 0. The molecular formula is C24H19N3O8S. The Bertz CT molecular complexity index is 1480.